The van der Waals surface area contributed by atoms with Crippen LogP contribution < -0.4 is 10.9 Å². The summed E-state index contributed by atoms with van der Waals surface area (Å²) in [7, 11) is 1.68. The maximum Gasteiger partial charge on any atom is 0.255 e. The van der Waals surface area contributed by atoms with E-state index in [1.54, 1.807) is 7.11 Å². The molecular weight excluding hydrogens is 252 g/mol. The molecule has 0 spiro atoms. The van der Waals surface area contributed by atoms with Crippen LogP contribution >= 0.6 is 0 Å². The fourth-order valence-corrected chi connectivity index (χ4v) is 2.76. The summed E-state index contributed by atoms with van der Waals surface area (Å²) in [6.45, 7) is 6.21. The van der Waals surface area contributed by atoms with Crippen LogP contribution in [0.25, 0.3) is 0 Å². The van der Waals surface area contributed by atoms with E-state index in [-0.39, 0.29) is 5.56 Å². The van der Waals surface area contributed by atoms with Crippen LogP contribution in [0.1, 0.15) is 43.5 Å². The van der Waals surface area contributed by atoms with E-state index in [1.807, 2.05) is 4.57 Å². The van der Waals surface area contributed by atoms with Gasteiger partial charge in [0.15, 0.2) is 0 Å². The lowest BCUT2D eigenvalue weighted by Gasteiger charge is -2.16. The van der Waals surface area contributed by atoms with Crippen molar-refractivity contribution in [1.29, 1.82) is 0 Å². The molecule has 1 N–H and O–H groups in total. The predicted molar refractivity (Wildman–Crippen MR) is 81.2 cm³/mol. The number of hydrogen-bond donors (Lipinski definition) is 1. The molecule has 1 aliphatic rings. The molecule has 4 heteroatoms. The minimum absolute atomic E-state index is 0.151. The molecule has 1 atom stereocenters. The van der Waals surface area contributed by atoms with Gasteiger partial charge in [-0.1, -0.05) is 6.92 Å². The Labute approximate surface area is 121 Å². The van der Waals surface area contributed by atoms with Crippen LogP contribution in [0.15, 0.2) is 10.9 Å². The first-order valence-electron chi connectivity index (χ1n) is 7.64. The Morgan fingerprint density at radius 1 is 1.45 bits per heavy atom. The van der Waals surface area contributed by atoms with Crippen LogP contribution in [0.2, 0.25) is 0 Å². The summed E-state index contributed by atoms with van der Waals surface area (Å²) in [5, 5.41) is 3.42. The highest BCUT2D eigenvalue weighted by atomic mass is 16.5. The summed E-state index contributed by atoms with van der Waals surface area (Å²) < 4.78 is 7.07. The van der Waals surface area contributed by atoms with Gasteiger partial charge in [-0.25, -0.2) is 0 Å². The van der Waals surface area contributed by atoms with E-state index in [9.17, 15) is 4.79 Å². The van der Waals surface area contributed by atoms with Gasteiger partial charge in [0.05, 0.1) is 6.61 Å². The van der Waals surface area contributed by atoms with Crippen molar-refractivity contribution in [2.75, 3.05) is 13.7 Å². The Balaban J connectivity index is 2.26. The lowest BCUT2D eigenvalue weighted by Crippen LogP contribution is -2.33. The lowest BCUT2D eigenvalue weighted by atomic mass is 10.1. The second kappa shape index (κ2) is 7.04. The highest BCUT2D eigenvalue weighted by molar-refractivity contribution is 5.30. The van der Waals surface area contributed by atoms with Crippen molar-refractivity contribution in [3.63, 3.8) is 0 Å². The molecule has 2 rings (SSSR count). The highest BCUT2D eigenvalue weighted by Crippen LogP contribution is 2.21. The zero-order valence-corrected chi connectivity index (χ0v) is 12.9. The minimum Gasteiger partial charge on any atom is -0.383 e. The number of aryl methyl sites for hydroxylation is 1. The minimum atomic E-state index is 0.151. The van der Waals surface area contributed by atoms with Crippen molar-refractivity contribution in [2.45, 2.75) is 58.7 Å². The zero-order chi connectivity index (χ0) is 14.5. The molecule has 1 aromatic rings. The molecule has 1 aromatic heterocycles. The third kappa shape index (κ3) is 3.30. The molecule has 0 saturated heterocycles. The Bertz CT molecular complexity index is 508. The van der Waals surface area contributed by atoms with Crippen molar-refractivity contribution >= 4 is 0 Å². The molecule has 0 radical (unpaired) electrons. The second-order valence-corrected chi connectivity index (χ2v) is 5.63. The molecule has 1 heterocycles. The Morgan fingerprint density at radius 3 is 2.95 bits per heavy atom. The molecule has 1 aliphatic carbocycles. The summed E-state index contributed by atoms with van der Waals surface area (Å²) in [6, 6.07) is 2.55. The van der Waals surface area contributed by atoms with Gasteiger partial charge < -0.3 is 14.6 Å². The number of aromatic nitrogens is 1. The van der Waals surface area contributed by atoms with Crippen LogP contribution in [-0.4, -0.2) is 24.3 Å². The topological polar surface area (TPSA) is 43.3 Å². The van der Waals surface area contributed by atoms with Crippen molar-refractivity contribution in [3.05, 3.63) is 33.2 Å². The Kier molecular flexibility index (Phi) is 5.38. The molecule has 0 aromatic carbocycles. The third-order valence-corrected chi connectivity index (χ3v) is 4.20. The van der Waals surface area contributed by atoms with Gasteiger partial charge in [0.1, 0.15) is 0 Å². The zero-order valence-electron chi connectivity index (χ0n) is 12.9. The van der Waals surface area contributed by atoms with Crippen molar-refractivity contribution in [1.82, 2.24) is 9.88 Å². The molecule has 0 aliphatic heterocycles. The average molecular weight is 278 g/mol. The SMILES string of the molecule is CCC(C)NCc1cc2c(n(CCOC)c1=O)CCC2. The van der Waals surface area contributed by atoms with Gasteiger partial charge in [-0.15, -0.1) is 0 Å². The molecule has 20 heavy (non-hydrogen) atoms. The largest absolute Gasteiger partial charge is 0.383 e. The van der Waals surface area contributed by atoms with Crippen LogP contribution in [-0.2, 0) is 30.7 Å². The molecule has 112 valence electrons. The molecule has 4 nitrogen and oxygen atoms in total. The summed E-state index contributed by atoms with van der Waals surface area (Å²) in [5.41, 5.74) is 3.61. The van der Waals surface area contributed by atoms with E-state index in [0.29, 0.717) is 25.7 Å². The number of nitrogens with zero attached hydrogens (tertiary/aromatic N) is 1. The Morgan fingerprint density at radius 2 is 2.25 bits per heavy atom. The van der Waals surface area contributed by atoms with Crippen LogP contribution in [0.5, 0.6) is 0 Å². The van der Waals surface area contributed by atoms with Gasteiger partial charge in [0.25, 0.3) is 5.56 Å². The van der Waals surface area contributed by atoms with Crippen molar-refractivity contribution < 1.29 is 4.74 Å². The summed E-state index contributed by atoms with van der Waals surface area (Å²) in [6.07, 6.45) is 4.35. The van der Waals surface area contributed by atoms with E-state index in [4.69, 9.17) is 4.74 Å². The van der Waals surface area contributed by atoms with Gasteiger partial charge in [-0.05, 0) is 44.2 Å². The molecule has 1 unspecified atom stereocenters. The Hall–Kier alpha value is -1.13. The van der Waals surface area contributed by atoms with Gasteiger partial charge in [-0.3, -0.25) is 4.79 Å². The number of methoxy groups -OCH3 is 1. The first-order valence-corrected chi connectivity index (χ1v) is 7.64. The number of hydrogen-bond acceptors (Lipinski definition) is 3. The van der Waals surface area contributed by atoms with Gasteiger partial charge in [0.2, 0.25) is 0 Å². The predicted octanol–water partition coefficient (Wildman–Crippen LogP) is 1.87. The quantitative estimate of drug-likeness (QED) is 0.828. The van der Waals surface area contributed by atoms with Gasteiger partial charge in [0, 0.05) is 37.5 Å². The second-order valence-electron chi connectivity index (χ2n) is 5.63. The average Bonchev–Trinajstić information content (AvgIpc) is 2.91. The monoisotopic (exact) mass is 278 g/mol. The maximum atomic E-state index is 12.6. The summed E-state index contributed by atoms with van der Waals surface area (Å²) >= 11 is 0. The van der Waals surface area contributed by atoms with Crippen molar-refractivity contribution in [3.8, 4) is 0 Å². The number of rotatable bonds is 7. The van der Waals surface area contributed by atoms with E-state index in [1.165, 1.54) is 11.3 Å². The van der Waals surface area contributed by atoms with E-state index in [2.05, 4.69) is 25.2 Å². The molecule has 0 bridgehead atoms. The molecule has 0 amide bonds. The number of fused-ring (bicyclic) bond motifs is 1. The summed E-state index contributed by atoms with van der Waals surface area (Å²) in [5.74, 6) is 0. The maximum absolute atomic E-state index is 12.6. The number of nitrogens with one attached hydrogen (secondary N) is 1. The van der Waals surface area contributed by atoms with E-state index in [0.717, 1.165) is 31.2 Å². The highest BCUT2D eigenvalue weighted by Gasteiger charge is 2.18. The van der Waals surface area contributed by atoms with E-state index >= 15 is 0 Å². The normalized spacial score (nSPS) is 15.3. The molecule has 0 fully saturated rings. The molecular formula is C16H26N2O2. The lowest BCUT2D eigenvalue weighted by molar-refractivity contribution is 0.185. The van der Waals surface area contributed by atoms with Crippen molar-refractivity contribution in [2.24, 2.45) is 0 Å². The van der Waals surface area contributed by atoms with Crippen LogP contribution in [0.3, 0.4) is 0 Å². The standard InChI is InChI=1S/C16H26N2O2/c1-4-12(2)17-11-14-10-13-6-5-7-15(13)18(16(14)19)8-9-20-3/h10,12,17H,4-9,11H2,1-3H3. The summed E-state index contributed by atoms with van der Waals surface area (Å²) in [4.78, 5) is 12.6. The van der Waals surface area contributed by atoms with Gasteiger partial charge >= 0.3 is 0 Å². The fourth-order valence-electron chi connectivity index (χ4n) is 2.76. The number of pyridine rings is 1. The third-order valence-electron chi connectivity index (χ3n) is 4.20. The first kappa shape index (κ1) is 15.3. The van der Waals surface area contributed by atoms with E-state index < -0.39 is 0 Å². The number of ether oxygens (including phenoxy) is 1. The smallest absolute Gasteiger partial charge is 0.255 e. The first-order chi connectivity index (χ1) is 9.67. The molecule has 0 saturated carbocycles. The van der Waals surface area contributed by atoms with Crippen LogP contribution in [0.4, 0.5) is 0 Å². The fraction of sp³-hybridized carbons (Fsp3) is 0.688. The van der Waals surface area contributed by atoms with Gasteiger partial charge in [-0.2, -0.15) is 0 Å². The van der Waals surface area contributed by atoms with Crippen LogP contribution in [0, 0.1) is 0 Å².